The van der Waals surface area contributed by atoms with Crippen LogP contribution in [0, 0.1) is 13.8 Å². The lowest BCUT2D eigenvalue weighted by molar-refractivity contribution is -0.0237. The molecular weight excluding hydrogens is 396 g/mol. The Morgan fingerprint density at radius 3 is 2.81 bits per heavy atom. The molecule has 0 radical (unpaired) electrons. The van der Waals surface area contributed by atoms with Crippen molar-refractivity contribution in [1.29, 1.82) is 0 Å². The quantitative estimate of drug-likeness (QED) is 0.599. The number of aliphatic hydroxyl groups excluding tert-OH is 1. The summed E-state index contributed by atoms with van der Waals surface area (Å²) in [6.07, 6.45) is 3.65. The smallest absolute Gasteiger partial charge is 0.213 e. The molecule has 1 aliphatic heterocycles. The number of hydrogen-bond donors (Lipinski definition) is 2. The fourth-order valence-corrected chi connectivity index (χ4v) is 3.38. The summed E-state index contributed by atoms with van der Waals surface area (Å²) in [4.78, 5) is 8.71. The van der Waals surface area contributed by atoms with E-state index in [0.717, 1.165) is 28.8 Å². The number of aryl methyl sites for hydroxylation is 2. The van der Waals surface area contributed by atoms with E-state index in [0.29, 0.717) is 36.2 Å². The number of ether oxygens (including phenoxy) is 2. The van der Waals surface area contributed by atoms with Crippen LogP contribution in [0.1, 0.15) is 29.0 Å². The van der Waals surface area contributed by atoms with Crippen LogP contribution in [0.5, 0.6) is 5.88 Å². The molecule has 1 aliphatic rings. The van der Waals surface area contributed by atoms with Gasteiger partial charge in [0, 0.05) is 47.6 Å². The molecule has 0 aromatic carbocycles. The van der Waals surface area contributed by atoms with Crippen LogP contribution in [-0.4, -0.2) is 45.6 Å². The molecule has 0 spiro atoms. The first kappa shape index (κ1) is 21.0. The van der Waals surface area contributed by atoms with Crippen LogP contribution in [0.15, 0.2) is 47.8 Å². The molecule has 8 heteroatoms. The topological polar surface area (TPSA) is 103 Å². The van der Waals surface area contributed by atoms with Crippen molar-refractivity contribution < 1.29 is 19.1 Å². The van der Waals surface area contributed by atoms with Crippen LogP contribution in [0.25, 0.3) is 17.0 Å². The van der Waals surface area contributed by atoms with E-state index in [1.165, 1.54) is 0 Å². The highest BCUT2D eigenvalue weighted by molar-refractivity contribution is 5.63. The molecule has 0 saturated carbocycles. The summed E-state index contributed by atoms with van der Waals surface area (Å²) in [5, 5.41) is 17.5. The summed E-state index contributed by atoms with van der Waals surface area (Å²) < 4.78 is 16.5. The van der Waals surface area contributed by atoms with E-state index in [1.807, 2.05) is 32.0 Å². The molecule has 31 heavy (non-hydrogen) atoms. The van der Waals surface area contributed by atoms with Crippen molar-refractivity contribution in [2.45, 2.75) is 39.0 Å². The van der Waals surface area contributed by atoms with Gasteiger partial charge in [-0.05, 0) is 38.5 Å². The summed E-state index contributed by atoms with van der Waals surface area (Å²) in [6, 6.07) is 7.49. The Bertz CT molecular complexity index is 1030. The van der Waals surface area contributed by atoms with Crippen LogP contribution >= 0.6 is 0 Å². The molecule has 1 saturated heterocycles. The second-order valence-corrected chi connectivity index (χ2v) is 7.59. The molecule has 0 bridgehead atoms. The van der Waals surface area contributed by atoms with Crippen molar-refractivity contribution in [3.05, 3.63) is 65.8 Å². The van der Waals surface area contributed by atoms with Gasteiger partial charge < -0.3 is 24.4 Å². The molecule has 162 valence electrons. The van der Waals surface area contributed by atoms with Crippen molar-refractivity contribution in [1.82, 2.24) is 20.4 Å². The van der Waals surface area contributed by atoms with E-state index in [2.05, 4.69) is 27.0 Å². The SMILES string of the molecule is C=C(N[C@@H]1CCOC[C@H]1O)c1ccc(OCc2c(-c3ccc(C)nc3)noc2C)nc1. The second kappa shape index (κ2) is 9.28. The van der Waals surface area contributed by atoms with Crippen LogP contribution in [0.2, 0.25) is 0 Å². The highest BCUT2D eigenvalue weighted by Gasteiger charge is 2.24. The Balaban J connectivity index is 1.39. The van der Waals surface area contributed by atoms with Crippen LogP contribution in [0.3, 0.4) is 0 Å². The van der Waals surface area contributed by atoms with Gasteiger partial charge in [-0.25, -0.2) is 4.98 Å². The van der Waals surface area contributed by atoms with Gasteiger partial charge in [-0.3, -0.25) is 4.98 Å². The Morgan fingerprint density at radius 1 is 1.23 bits per heavy atom. The third-order valence-electron chi connectivity index (χ3n) is 5.30. The number of nitrogens with one attached hydrogen (secondary N) is 1. The maximum absolute atomic E-state index is 10.0. The Kier molecular flexibility index (Phi) is 6.29. The molecule has 0 aliphatic carbocycles. The van der Waals surface area contributed by atoms with Gasteiger partial charge in [0.05, 0.1) is 24.3 Å². The second-order valence-electron chi connectivity index (χ2n) is 7.59. The van der Waals surface area contributed by atoms with Gasteiger partial charge in [0.1, 0.15) is 18.1 Å². The zero-order chi connectivity index (χ0) is 21.8. The van der Waals surface area contributed by atoms with Gasteiger partial charge in [0.25, 0.3) is 0 Å². The van der Waals surface area contributed by atoms with Gasteiger partial charge in [-0.15, -0.1) is 0 Å². The van der Waals surface area contributed by atoms with E-state index in [9.17, 15) is 5.11 Å². The molecule has 2 N–H and O–H groups in total. The monoisotopic (exact) mass is 422 g/mol. The number of rotatable bonds is 7. The van der Waals surface area contributed by atoms with Crippen molar-refractivity contribution in [3.63, 3.8) is 0 Å². The molecule has 0 amide bonds. The minimum absolute atomic E-state index is 0.0802. The maximum atomic E-state index is 10.0. The lowest BCUT2D eigenvalue weighted by Gasteiger charge is -2.30. The zero-order valence-corrected chi connectivity index (χ0v) is 17.7. The third kappa shape index (κ3) is 4.92. The molecule has 4 rings (SSSR count). The summed E-state index contributed by atoms with van der Waals surface area (Å²) in [7, 11) is 0. The average molecular weight is 422 g/mol. The minimum Gasteiger partial charge on any atom is -0.473 e. The highest BCUT2D eigenvalue weighted by Crippen LogP contribution is 2.26. The third-order valence-corrected chi connectivity index (χ3v) is 5.30. The van der Waals surface area contributed by atoms with Crippen LogP contribution in [0.4, 0.5) is 0 Å². The molecule has 2 atom stereocenters. The Morgan fingerprint density at radius 2 is 2.10 bits per heavy atom. The van der Waals surface area contributed by atoms with Crippen molar-refractivity contribution in [2.24, 2.45) is 0 Å². The Hall–Kier alpha value is -3.23. The number of aromatic nitrogens is 3. The molecule has 4 heterocycles. The van der Waals surface area contributed by atoms with Gasteiger partial charge in [-0.1, -0.05) is 11.7 Å². The first-order valence-electron chi connectivity index (χ1n) is 10.2. The van der Waals surface area contributed by atoms with Gasteiger partial charge in [0.15, 0.2) is 0 Å². The lowest BCUT2D eigenvalue weighted by Crippen LogP contribution is -2.45. The van der Waals surface area contributed by atoms with Crippen LogP contribution < -0.4 is 10.1 Å². The summed E-state index contributed by atoms with van der Waals surface area (Å²) in [5.41, 5.74) is 4.92. The molecule has 1 fully saturated rings. The molecular formula is C23H26N4O4. The van der Waals surface area contributed by atoms with Crippen molar-refractivity contribution in [3.8, 4) is 17.1 Å². The molecule has 0 unspecified atom stereocenters. The maximum Gasteiger partial charge on any atom is 0.213 e. The number of nitrogens with zero attached hydrogens (tertiary/aromatic N) is 3. The summed E-state index contributed by atoms with van der Waals surface area (Å²) in [6.45, 7) is 9.08. The van der Waals surface area contributed by atoms with E-state index in [-0.39, 0.29) is 12.6 Å². The molecule has 3 aromatic rings. The number of aliphatic hydroxyl groups is 1. The fraction of sp³-hybridized carbons (Fsp3) is 0.348. The number of pyridine rings is 2. The normalized spacial score (nSPS) is 18.5. The fourth-order valence-electron chi connectivity index (χ4n) is 3.38. The van der Waals surface area contributed by atoms with Gasteiger partial charge in [0.2, 0.25) is 5.88 Å². The van der Waals surface area contributed by atoms with Crippen molar-refractivity contribution in [2.75, 3.05) is 13.2 Å². The van der Waals surface area contributed by atoms with Crippen molar-refractivity contribution >= 4 is 5.70 Å². The van der Waals surface area contributed by atoms with E-state index >= 15 is 0 Å². The predicted octanol–water partition coefficient (Wildman–Crippen LogP) is 3.04. The first-order chi connectivity index (χ1) is 15.0. The van der Waals surface area contributed by atoms with E-state index in [1.54, 1.807) is 18.5 Å². The van der Waals surface area contributed by atoms with Gasteiger partial charge in [-0.2, -0.15) is 0 Å². The van der Waals surface area contributed by atoms with Gasteiger partial charge >= 0.3 is 0 Å². The van der Waals surface area contributed by atoms with Crippen LogP contribution in [-0.2, 0) is 11.3 Å². The zero-order valence-electron chi connectivity index (χ0n) is 17.7. The summed E-state index contributed by atoms with van der Waals surface area (Å²) >= 11 is 0. The largest absolute Gasteiger partial charge is 0.473 e. The molecule has 3 aromatic heterocycles. The predicted molar refractivity (Wildman–Crippen MR) is 115 cm³/mol. The summed E-state index contributed by atoms with van der Waals surface area (Å²) in [5.74, 6) is 1.18. The standard InChI is InChI=1S/C23H26N4O4/c1-14-4-5-18(11-24-14)23-19(16(3)31-27-23)12-30-22-7-6-17(10-25-22)15(2)26-20-8-9-29-13-21(20)28/h4-7,10-11,20-21,26,28H,2,8-9,12-13H2,1,3H3/t20-,21-/m1/s1. The lowest BCUT2D eigenvalue weighted by atomic mass is 10.1. The van der Waals surface area contributed by atoms with E-state index in [4.69, 9.17) is 14.0 Å². The number of hydrogen-bond acceptors (Lipinski definition) is 8. The average Bonchev–Trinajstić information content (AvgIpc) is 3.15. The van der Waals surface area contributed by atoms with E-state index < -0.39 is 6.10 Å². The highest BCUT2D eigenvalue weighted by atomic mass is 16.5. The first-order valence-corrected chi connectivity index (χ1v) is 10.2. The minimum atomic E-state index is -0.550. The molecule has 8 nitrogen and oxygen atoms in total. The Labute approximate surface area is 180 Å².